The van der Waals surface area contributed by atoms with Gasteiger partial charge in [-0.1, -0.05) is 27.5 Å². The fourth-order valence-corrected chi connectivity index (χ4v) is 2.20. The lowest BCUT2D eigenvalue weighted by molar-refractivity contribution is 0.797. The van der Waals surface area contributed by atoms with Gasteiger partial charge in [-0.25, -0.2) is 0 Å². The van der Waals surface area contributed by atoms with E-state index in [1.807, 2.05) is 29.8 Å². The highest BCUT2D eigenvalue weighted by atomic mass is 79.9. The van der Waals surface area contributed by atoms with E-state index in [-0.39, 0.29) is 0 Å². The van der Waals surface area contributed by atoms with Gasteiger partial charge in [0.15, 0.2) is 5.82 Å². The molecule has 2 aromatic rings. The zero-order valence-electron chi connectivity index (χ0n) is 8.61. The molecular formula is C10H10BrClN4. The molecule has 1 heterocycles. The zero-order valence-corrected chi connectivity index (χ0v) is 11.0. The number of halogens is 2. The van der Waals surface area contributed by atoms with Crippen molar-refractivity contribution in [3.63, 3.8) is 0 Å². The van der Waals surface area contributed by atoms with Crippen LogP contribution in [0, 0.1) is 0 Å². The summed E-state index contributed by atoms with van der Waals surface area (Å²) in [6, 6.07) is 5.64. The van der Waals surface area contributed by atoms with Crippen molar-refractivity contribution < 1.29 is 0 Å². The third-order valence-electron chi connectivity index (χ3n) is 2.32. The minimum Gasteiger partial charge on any atom is -0.324 e. The van der Waals surface area contributed by atoms with Crippen LogP contribution in [0.4, 0.5) is 0 Å². The number of aromatic nitrogens is 3. The van der Waals surface area contributed by atoms with E-state index >= 15 is 0 Å². The Morgan fingerprint density at radius 2 is 2.19 bits per heavy atom. The summed E-state index contributed by atoms with van der Waals surface area (Å²) in [7, 11) is 1.87. The number of hydrogen-bond acceptors (Lipinski definition) is 3. The highest BCUT2D eigenvalue weighted by Crippen LogP contribution is 2.29. The van der Waals surface area contributed by atoms with Crippen LogP contribution in [0.5, 0.6) is 0 Å². The van der Waals surface area contributed by atoms with E-state index in [0.29, 0.717) is 11.6 Å². The molecule has 1 aromatic carbocycles. The monoisotopic (exact) mass is 300 g/mol. The zero-order chi connectivity index (χ0) is 11.7. The highest BCUT2D eigenvalue weighted by molar-refractivity contribution is 9.10. The maximum atomic E-state index is 6.15. The van der Waals surface area contributed by atoms with Crippen LogP contribution >= 0.6 is 27.5 Å². The first kappa shape index (κ1) is 11.6. The normalized spacial score (nSPS) is 10.8. The van der Waals surface area contributed by atoms with E-state index in [9.17, 15) is 0 Å². The first-order valence-electron chi connectivity index (χ1n) is 4.67. The summed E-state index contributed by atoms with van der Waals surface area (Å²) in [6.07, 6.45) is 0. The Labute approximate surface area is 107 Å². The maximum absolute atomic E-state index is 6.15. The van der Waals surface area contributed by atoms with Gasteiger partial charge in [-0.05, 0) is 18.2 Å². The van der Waals surface area contributed by atoms with Crippen LogP contribution in [-0.2, 0) is 13.6 Å². The first-order valence-corrected chi connectivity index (χ1v) is 5.84. The molecule has 2 rings (SSSR count). The van der Waals surface area contributed by atoms with Crippen LogP contribution in [-0.4, -0.2) is 14.8 Å². The fourth-order valence-electron chi connectivity index (χ4n) is 1.44. The van der Waals surface area contributed by atoms with E-state index in [2.05, 4.69) is 26.1 Å². The van der Waals surface area contributed by atoms with Crippen LogP contribution in [0.3, 0.4) is 0 Å². The van der Waals surface area contributed by atoms with E-state index in [1.165, 1.54) is 0 Å². The SMILES string of the molecule is Cn1c(CN)nnc1-c1ccc(Br)cc1Cl. The average Bonchev–Trinajstić information content (AvgIpc) is 2.60. The Hall–Kier alpha value is -0.910. The van der Waals surface area contributed by atoms with Gasteiger partial charge in [-0.15, -0.1) is 10.2 Å². The Morgan fingerprint density at radius 1 is 1.44 bits per heavy atom. The number of hydrogen-bond donors (Lipinski definition) is 1. The lowest BCUT2D eigenvalue weighted by Gasteiger charge is -2.05. The summed E-state index contributed by atoms with van der Waals surface area (Å²) in [5.74, 6) is 1.45. The molecule has 0 saturated heterocycles. The van der Waals surface area contributed by atoms with Gasteiger partial charge < -0.3 is 10.3 Å². The number of benzene rings is 1. The van der Waals surface area contributed by atoms with Gasteiger partial charge in [0.05, 0.1) is 11.6 Å². The third kappa shape index (κ3) is 1.98. The molecule has 6 heteroatoms. The molecule has 0 aliphatic rings. The molecular weight excluding hydrogens is 291 g/mol. The van der Waals surface area contributed by atoms with Crippen LogP contribution < -0.4 is 5.73 Å². The summed E-state index contributed by atoms with van der Waals surface area (Å²) < 4.78 is 2.78. The van der Waals surface area contributed by atoms with Crippen molar-refractivity contribution in [1.82, 2.24) is 14.8 Å². The number of rotatable bonds is 2. The summed E-state index contributed by atoms with van der Waals surface area (Å²) >= 11 is 9.51. The van der Waals surface area contributed by atoms with Crippen LogP contribution in [0.1, 0.15) is 5.82 Å². The van der Waals surface area contributed by atoms with Gasteiger partial charge >= 0.3 is 0 Å². The highest BCUT2D eigenvalue weighted by Gasteiger charge is 2.12. The molecule has 1 aromatic heterocycles. The predicted octanol–water partition coefficient (Wildman–Crippen LogP) is 2.36. The Morgan fingerprint density at radius 3 is 2.75 bits per heavy atom. The molecule has 0 radical (unpaired) electrons. The van der Waals surface area contributed by atoms with Crippen molar-refractivity contribution in [2.45, 2.75) is 6.54 Å². The van der Waals surface area contributed by atoms with Crippen molar-refractivity contribution >= 4 is 27.5 Å². The smallest absolute Gasteiger partial charge is 0.165 e. The molecule has 0 atom stereocenters. The van der Waals surface area contributed by atoms with Crippen molar-refractivity contribution in [2.75, 3.05) is 0 Å². The van der Waals surface area contributed by atoms with E-state index in [1.54, 1.807) is 0 Å². The standard InChI is InChI=1S/C10H10BrClN4/c1-16-9(5-13)14-15-10(16)7-3-2-6(11)4-8(7)12/h2-4H,5,13H2,1H3. The van der Waals surface area contributed by atoms with Gasteiger partial charge in [-0.2, -0.15) is 0 Å². The van der Waals surface area contributed by atoms with E-state index in [4.69, 9.17) is 17.3 Å². The largest absolute Gasteiger partial charge is 0.324 e. The summed E-state index contributed by atoms with van der Waals surface area (Å²) in [5.41, 5.74) is 6.39. The number of nitrogens with two attached hydrogens (primary N) is 1. The van der Waals surface area contributed by atoms with E-state index < -0.39 is 0 Å². The molecule has 0 saturated carbocycles. The molecule has 2 N–H and O–H groups in total. The maximum Gasteiger partial charge on any atom is 0.165 e. The molecule has 0 spiro atoms. The predicted molar refractivity (Wildman–Crippen MR) is 67.0 cm³/mol. The van der Waals surface area contributed by atoms with Gasteiger partial charge in [0, 0.05) is 17.1 Å². The lowest BCUT2D eigenvalue weighted by atomic mass is 10.2. The first-order chi connectivity index (χ1) is 7.63. The molecule has 0 unspecified atom stereocenters. The van der Waals surface area contributed by atoms with Crippen molar-refractivity contribution in [3.8, 4) is 11.4 Å². The summed E-state index contributed by atoms with van der Waals surface area (Å²) in [6.45, 7) is 0.359. The van der Waals surface area contributed by atoms with Gasteiger partial charge in [0.1, 0.15) is 5.82 Å². The molecule has 4 nitrogen and oxygen atoms in total. The molecule has 84 valence electrons. The second kappa shape index (κ2) is 4.53. The molecule has 0 bridgehead atoms. The Bertz CT molecular complexity index is 524. The van der Waals surface area contributed by atoms with Crippen molar-refractivity contribution in [1.29, 1.82) is 0 Å². The quantitative estimate of drug-likeness (QED) is 0.926. The third-order valence-corrected chi connectivity index (χ3v) is 3.13. The van der Waals surface area contributed by atoms with Gasteiger partial charge in [-0.3, -0.25) is 0 Å². The molecule has 0 aliphatic carbocycles. The minimum atomic E-state index is 0.359. The average molecular weight is 302 g/mol. The summed E-state index contributed by atoms with van der Waals surface area (Å²) in [5, 5.41) is 8.71. The van der Waals surface area contributed by atoms with Crippen LogP contribution in [0.15, 0.2) is 22.7 Å². The van der Waals surface area contributed by atoms with Crippen LogP contribution in [0.25, 0.3) is 11.4 Å². The van der Waals surface area contributed by atoms with Gasteiger partial charge in [0.2, 0.25) is 0 Å². The minimum absolute atomic E-state index is 0.359. The van der Waals surface area contributed by atoms with Crippen molar-refractivity contribution in [2.24, 2.45) is 12.8 Å². The van der Waals surface area contributed by atoms with E-state index in [0.717, 1.165) is 21.7 Å². The molecule has 0 aliphatic heterocycles. The Kier molecular flexibility index (Phi) is 3.28. The summed E-state index contributed by atoms with van der Waals surface area (Å²) in [4.78, 5) is 0. The van der Waals surface area contributed by atoms with Crippen molar-refractivity contribution in [3.05, 3.63) is 33.5 Å². The second-order valence-corrected chi connectivity index (χ2v) is 4.65. The molecule has 0 amide bonds. The lowest BCUT2D eigenvalue weighted by Crippen LogP contribution is -2.05. The topological polar surface area (TPSA) is 56.7 Å². The second-order valence-electron chi connectivity index (χ2n) is 3.33. The Balaban J connectivity index is 2.54. The van der Waals surface area contributed by atoms with Crippen LogP contribution in [0.2, 0.25) is 5.02 Å². The molecule has 16 heavy (non-hydrogen) atoms. The van der Waals surface area contributed by atoms with Gasteiger partial charge in [0.25, 0.3) is 0 Å². The number of nitrogens with zero attached hydrogens (tertiary/aromatic N) is 3. The fraction of sp³-hybridized carbons (Fsp3) is 0.200. The molecule has 0 fully saturated rings.